The molecule has 1 nitrogen and oxygen atoms in total. The van der Waals surface area contributed by atoms with Gasteiger partial charge in [-0.3, -0.25) is 0 Å². The minimum atomic E-state index is -0.210. The number of hydrogen-bond donors (Lipinski definition) is 0. The first-order valence-corrected chi connectivity index (χ1v) is 4.13. The van der Waals surface area contributed by atoms with Crippen LogP contribution in [0.25, 0.3) is 0 Å². The first-order chi connectivity index (χ1) is 5.27. The third kappa shape index (κ3) is 1.44. The van der Waals surface area contributed by atoms with Crippen molar-refractivity contribution in [2.75, 3.05) is 6.61 Å². The van der Waals surface area contributed by atoms with E-state index in [1.54, 1.807) is 6.07 Å². The predicted molar refractivity (Wildman–Crippen MR) is 42.8 cm³/mol. The van der Waals surface area contributed by atoms with Crippen molar-refractivity contribution >= 4 is 15.9 Å². The fourth-order valence-electron chi connectivity index (χ4n) is 0.989. The van der Waals surface area contributed by atoms with Crippen LogP contribution in [0.3, 0.4) is 0 Å². The van der Waals surface area contributed by atoms with Crippen LogP contribution in [0.2, 0.25) is 0 Å². The number of epoxide rings is 1. The molecule has 1 unspecified atom stereocenters. The smallest absolute Gasteiger partial charge is 0.123 e. The zero-order chi connectivity index (χ0) is 7.84. The zero-order valence-electron chi connectivity index (χ0n) is 5.68. The number of ether oxygens (including phenoxy) is 1. The summed E-state index contributed by atoms with van der Waals surface area (Å²) < 4.78 is 18.6. The highest BCUT2D eigenvalue weighted by Crippen LogP contribution is 2.34. The van der Waals surface area contributed by atoms with Gasteiger partial charge in [0, 0.05) is 10.0 Å². The highest BCUT2D eigenvalue weighted by molar-refractivity contribution is 9.10. The molecule has 1 saturated heterocycles. The molecule has 1 heterocycles. The summed E-state index contributed by atoms with van der Waals surface area (Å²) in [7, 11) is 0. The molecule has 0 radical (unpaired) electrons. The van der Waals surface area contributed by atoms with E-state index in [-0.39, 0.29) is 11.9 Å². The third-order valence-electron chi connectivity index (χ3n) is 1.64. The molecule has 1 fully saturated rings. The van der Waals surface area contributed by atoms with E-state index in [2.05, 4.69) is 15.9 Å². The first-order valence-electron chi connectivity index (χ1n) is 3.34. The van der Waals surface area contributed by atoms with Crippen molar-refractivity contribution in [3.05, 3.63) is 34.1 Å². The second-order valence-electron chi connectivity index (χ2n) is 2.49. The van der Waals surface area contributed by atoms with Crippen molar-refractivity contribution in [3.8, 4) is 0 Å². The van der Waals surface area contributed by atoms with Gasteiger partial charge in [0.1, 0.15) is 11.9 Å². The van der Waals surface area contributed by atoms with Gasteiger partial charge in [0.15, 0.2) is 0 Å². The summed E-state index contributed by atoms with van der Waals surface area (Å²) in [5.74, 6) is -0.210. The van der Waals surface area contributed by atoms with E-state index >= 15 is 0 Å². The molecule has 58 valence electrons. The highest BCUT2D eigenvalue weighted by Gasteiger charge is 2.26. The van der Waals surface area contributed by atoms with Crippen LogP contribution in [0.5, 0.6) is 0 Å². The molecule has 1 atom stereocenters. The van der Waals surface area contributed by atoms with E-state index in [1.807, 2.05) is 0 Å². The average Bonchev–Trinajstić information content (AvgIpc) is 2.76. The lowest BCUT2D eigenvalue weighted by molar-refractivity contribution is 0.414. The Bertz CT molecular complexity index is 283. The lowest BCUT2D eigenvalue weighted by Crippen LogP contribution is -1.84. The average molecular weight is 217 g/mol. The molecular weight excluding hydrogens is 211 g/mol. The Morgan fingerprint density at radius 3 is 2.91 bits per heavy atom. The van der Waals surface area contributed by atoms with Gasteiger partial charge in [0.25, 0.3) is 0 Å². The van der Waals surface area contributed by atoms with Crippen LogP contribution >= 0.6 is 15.9 Å². The third-order valence-corrected chi connectivity index (χ3v) is 2.36. The van der Waals surface area contributed by atoms with E-state index in [4.69, 9.17) is 4.74 Å². The molecule has 2 rings (SSSR count). The lowest BCUT2D eigenvalue weighted by Gasteiger charge is -1.98. The number of halogens is 2. The summed E-state index contributed by atoms with van der Waals surface area (Å²) in [4.78, 5) is 0. The first kappa shape index (κ1) is 7.25. The Labute approximate surface area is 72.3 Å². The van der Waals surface area contributed by atoms with Gasteiger partial charge in [-0.1, -0.05) is 15.9 Å². The molecule has 0 amide bonds. The standard InChI is InChI=1S/C8H6BrFO/c9-7-2-1-5(10)3-6(7)8-4-11-8/h1-3,8H,4H2. The summed E-state index contributed by atoms with van der Waals surface area (Å²) >= 11 is 3.32. The van der Waals surface area contributed by atoms with Crippen LogP contribution in [0.4, 0.5) is 4.39 Å². The Balaban J connectivity index is 2.42. The van der Waals surface area contributed by atoms with E-state index in [1.165, 1.54) is 12.1 Å². The predicted octanol–water partition coefficient (Wildman–Crippen LogP) is 2.66. The van der Waals surface area contributed by atoms with Crippen molar-refractivity contribution in [3.63, 3.8) is 0 Å². The van der Waals surface area contributed by atoms with Gasteiger partial charge in [-0.25, -0.2) is 4.39 Å². The van der Waals surface area contributed by atoms with Crippen molar-refractivity contribution < 1.29 is 9.13 Å². The Morgan fingerprint density at radius 2 is 2.27 bits per heavy atom. The van der Waals surface area contributed by atoms with Gasteiger partial charge in [-0.15, -0.1) is 0 Å². The summed E-state index contributed by atoms with van der Waals surface area (Å²) in [6, 6.07) is 4.63. The molecule has 1 aromatic carbocycles. The number of hydrogen-bond acceptors (Lipinski definition) is 1. The molecule has 0 spiro atoms. The maximum Gasteiger partial charge on any atom is 0.123 e. The van der Waals surface area contributed by atoms with Gasteiger partial charge in [-0.2, -0.15) is 0 Å². The Kier molecular flexibility index (Phi) is 1.69. The van der Waals surface area contributed by atoms with Crippen molar-refractivity contribution in [2.24, 2.45) is 0 Å². The van der Waals surface area contributed by atoms with Gasteiger partial charge in [-0.05, 0) is 18.2 Å². The van der Waals surface area contributed by atoms with E-state index in [0.29, 0.717) is 6.61 Å². The minimum absolute atomic E-state index is 0.111. The molecule has 3 heteroatoms. The fourth-order valence-corrected chi connectivity index (χ4v) is 1.49. The SMILES string of the molecule is Fc1ccc(Br)c(C2CO2)c1. The molecule has 0 aliphatic carbocycles. The highest BCUT2D eigenvalue weighted by atomic mass is 79.9. The largest absolute Gasteiger partial charge is 0.368 e. The molecule has 1 aliphatic heterocycles. The molecule has 11 heavy (non-hydrogen) atoms. The summed E-state index contributed by atoms with van der Waals surface area (Å²) in [5, 5.41) is 0. The summed E-state index contributed by atoms with van der Waals surface area (Å²) in [5.41, 5.74) is 0.907. The van der Waals surface area contributed by atoms with Gasteiger partial charge >= 0.3 is 0 Å². The topological polar surface area (TPSA) is 12.5 Å². The zero-order valence-corrected chi connectivity index (χ0v) is 7.27. The molecule has 0 bridgehead atoms. The Morgan fingerprint density at radius 1 is 1.55 bits per heavy atom. The second kappa shape index (κ2) is 2.57. The van der Waals surface area contributed by atoms with Crippen molar-refractivity contribution in [2.45, 2.75) is 6.10 Å². The van der Waals surface area contributed by atoms with Crippen LogP contribution in [0.15, 0.2) is 22.7 Å². The second-order valence-corrected chi connectivity index (χ2v) is 3.34. The molecule has 0 N–H and O–H groups in total. The number of rotatable bonds is 1. The quantitative estimate of drug-likeness (QED) is 0.658. The summed E-state index contributed by atoms with van der Waals surface area (Å²) in [6.45, 7) is 0.710. The van der Waals surface area contributed by atoms with Crippen LogP contribution in [0.1, 0.15) is 11.7 Å². The maximum absolute atomic E-state index is 12.7. The van der Waals surface area contributed by atoms with Gasteiger partial charge < -0.3 is 4.74 Å². The summed E-state index contributed by atoms with van der Waals surface area (Å²) in [6.07, 6.45) is 0.111. The van der Waals surface area contributed by atoms with Crippen LogP contribution in [-0.4, -0.2) is 6.61 Å². The molecule has 0 aromatic heterocycles. The van der Waals surface area contributed by atoms with Crippen LogP contribution < -0.4 is 0 Å². The van der Waals surface area contributed by atoms with Gasteiger partial charge in [0.2, 0.25) is 0 Å². The monoisotopic (exact) mass is 216 g/mol. The van der Waals surface area contributed by atoms with Crippen molar-refractivity contribution in [1.29, 1.82) is 0 Å². The number of benzene rings is 1. The van der Waals surface area contributed by atoms with E-state index in [0.717, 1.165) is 10.0 Å². The molecule has 1 aromatic rings. The minimum Gasteiger partial charge on any atom is -0.368 e. The molecule has 1 aliphatic rings. The van der Waals surface area contributed by atoms with Crippen LogP contribution in [0, 0.1) is 5.82 Å². The fraction of sp³-hybridized carbons (Fsp3) is 0.250. The maximum atomic E-state index is 12.7. The van der Waals surface area contributed by atoms with E-state index in [9.17, 15) is 4.39 Å². The Hall–Kier alpha value is -0.410. The van der Waals surface area contributed by atoms with Gasteiger partial charge in [0.05, 0.1) is 6.61 Å². The normalized spacial score (nSPS) is 21.8. The molecular formula is C8H6BrFO. The van der Waals surface area contributed by atoms with Crippen molar-refractivity contribution in [1.82, 2.24) is 0 Å². The molecule has 0 saturated carbocycles. The lowest BCUT2D eigenvalue weighted by atomic mass is 10.2. The van der Waals surface area contributed by atoms with E-state index < -0.39 is 0 Å². The van der Waals surface area contributed by atoms with Crippen LogP contribution in [-0.2, 0) is 4.74 Å².